The number of thioether (sulfide) groups is 1. The van der Waals surface area contributed by atoms with E-state index in [1.165, 1.54) is 11.8 Å². The monoisotopic (exact) mass is 408 g/mol. The number of aromatic nitrogens is 2. The average Bonchev–Trinajstić information content (AvgIpc) is 3.17. The first-order chi connectivity index (χ1) is 11.6. The molecule has 0 saturated carbocycles. The second-order valence-corrected chi connectivity index (χ2v) is 7.36. The maximum Gasteiger partial charge on any atom is 0.281 e. The van der Waals surface area contributed by atoms with Crippen LogP contribution in [0.2, 0.25) is 0 Å². The predicted octanol–water partition coefficient (Wildman–Crippen LogP) is 3.19. The topological polar surface area (TPSA) is 67.2 Å². The molecule has 1 N–H and O–H groups in total. The third-order valence-corrected chi connectivity index (χ3v) is 5.10. The lowest BCUT2D eigenvalue weighted by atomic mass is 10.2. The van der Waals surface area contributed by atoms with Gasteiger partial charge in [-0.1, -0.05) is 39.8 Å². The van der Waals surface area contributed by atoms with Gasteiger partial charge in [0.15, 0.2) is 0 Å². The van der Waals surface area contributed by atoms with Crippen molar-refractivity contribution in [3.8, 4) is 0 Å². The van der Waals surface area contributed by atoms with E-state index < -0.39 is 0 Å². The summed E-state index contributed by atoms with van der Waals surface area (Å²) in [5.74, 6) is 1.35. The molecule has 0 spiro atoms. The third-order valence-electron chi connectivity index (χ3n) is 3.68. The number of halogens is 1. The maximum absolute atomic E-state index is 12.1. The molecule has 1 aromatic carbocycles. The smallest absolute Gasteiger partial charge is 0.281 e. The zero-order valence-corrected chi connectivity index (χ0v) is 15.3. The summed E-state index contributed by atoms with van der Waals surface area (Å²) < 4.78 is 2.77. The number of hydrogen-bond acceptors (Lipinski definition) is 4. The van der Waals surface area contributed by atoms with E-state index in [2.05, 4.69) is 26.3 Å². The zero-order chi connectivity index (χ0) is 16.9. The summed E-state index contributed by atoms with van der Waals surface area (Å²) in [7, 11) is 0. The summed E-state index contributed by atoms with van der Waals surface area (Å²) in [6.45, 7) is 1.76. The van der Waals surface area contributed by atoms with Crippen LogP contribution < -0.4 is 5.32 Å². The van der Waals surface area contributed by atoms with Crippen LogP contribution in [0.25, 0.3) is 0 Å². The maximum atomic E-state index is 12.1. The summed E-state index contributed by atoms with van der Waals surface area (Å²) in [5.41, 5.74) is 1.09. The lowest BCUT2D eigenvalue weighted by Gasteiger charge is -2.14. The number of carbonyl (C=O) groups excluding carboxylic acids is 2. The molecule has 0 aliphatic carbocycles. The SMILES string of the molecule is O=C(CCN1CCSC1=O)Nc1ccnn1Cc1ccc(Br)cc1. The van der Waals surface area contributed by atoms with Crippen molar-refractivity contribution in [1.82, 2.24) is 14.7 Å². The van der Waals surface area contributed by atoms with Crippen LogP contribution in [0.4, 0.5) is 10.6 Å². The van der Waals surface area contributed by atoms with Gasteiger partial charge in [-0.3, -0.25) is 9.59 Å². The number of carbonyl (C=O) groups is 2. The van der Waals surface area contributed by atoms with Gasteiger partial charge in [-0.2, -0.15) is 5.10 Å². The molecule has 1 aromatic heterocycles. The summed E-state index contributed by atoms with van der Waals surface area (Å²) >= 11 is 4.72. The Morgan fingerprint density at radius 3 is 2.79 bits per heavy atom. The molecule has 2 heterocycles. The summed E-state index contributed by atoms with van der Waals surface area (Å²) in [5, 5.41) is 7.19. The van der Waals surface area contributed by atoms with E-state index >= 15 is 0 Å². The first-order valence-corrected chi connectivity index (χ1v) is 9.37. The van der Waals surface area contributed by atoms with Gasteiger partial charge in [0.1, 0.15) is 5.82 Å². The quantitative estimate of drug-likeness (QED) is 0.796. The van der Waals surface area contributed by atoms with Crippen LogP contribution in [0.15, 0.2) is 41.0 Å². The molecule has 2 amide bonds. The van der Waals surface area contributed by atoms with Gasteiger partial charge in [0.05, 0.1) is 12.7 Å². The first kappa shape index (κ1) is 17.0. The molecule has 126 valence electrons. The number of nitrogens with zero attached hydrogens (tertiary/aromatic N) is 3. The molecular weight excluding hydrogens is 392 g/mol. The van der Waals surface area contributed by atoms with Crippen LogP contribution >= 0.6 is 27.7 Å². The molecule has 8 heteroatoms. The Balaban J connectivity index is 1.55. The van der Waals surface area contributed by atoms with E-state index in [1.54, 1.807) is 21.8 Å². The van der Waals surface area contributed by atoms with Gasteiger partial charge in [0, 0.05) is 35.8 Å². The molecule has 24 heavy (non-hydrogen) atoms. The van der Waals surface area contributed by atoms with Gasteiger partial charge < -0.3 is 10.2 Å². The van der Waals surface area contributed by atoms with Crippen LogP contribution in [0.3, 0.4) is 0 Å². The highest BCUT2D eigenvalue weighted by molar-refractivity contribution is 9.10. The van der Waals surface area contributed by atoms with Gasteiger partial charge in [-0.05, 0) is 17.7 Å². The van der Waals surface area contributed by atoms with Gasteiger partial charge in [-0.15, -0.1) is 0 Å². The molecule has 3 rings (SSSR count). The highest BCUT2D eigenvalue weighted by Crippen LogP contribution is 2.18. The van der Waals surface area contributed by atoms with Gasteiger partial charge in [0.25, 0.3) is 5.24 Å². The Morgan fingerprint density at radius 1 is 1.29 bits per heavy atom. The largest absolute Gasteiger partial charge is 0.332 e. The molecule has 0 radical (unpaired) electrons. The van der Waals surface area contributed by atoms with Crippen molar-refractivity contribution in [2.45, 2.75) is 13.0 Å². The predicted molar refractivity (Wildman–Crippen MR) is 98.1 cm³/mol. The lowest BCUT2D eigenvalue weighted by molar-refractivity contribution is -0.116. The number of hydrogen-bond donors (Lipinski definition) is 1. The van der Waals surface area contributed by atoms with Crippen LogP contribution in [0.1, 0.15) is 12.0 Å². The Morgan fingerprint density at radius 2 is 2.08 bits per heavy atom. The molecule has 0 unspecified atom stereocenters. The minimum atomic E-state index is -0.114. The van der Waals surface area contributed by atoms with Crippen molar-refractivity contribution in [3.63, 3.8) is 0 Å². The van der Waals surface area contributed by atoms with E-state index in [4.69, 9.17) is 0 Å². The summed E-state index contributed by atoms with van der Waals surface area (Å²) in [6.07, 6.45) is 1.95. The van der Waals surface area contributed by atoms with E-state index in [-0.39, 0.29) is 17.6 Å². The number of anilines is 1. The molecule has 0 bridgehead atoms. The fourth-order valence-corrected chi connectivity index (χ4v) is 3.51. The molecule has 2 aromatic rings. The van der Waals surface area contributed by atoms with Crippen LogP contribution in [0.5, 0.6) is 0 Å². The van der Waals surface area contributed by atoms with Crippen molar-refractivity contribution >= 4 is 44.7 Å². The number of benzene rings is 1. The first-order valence-electron chi connectivity index (χ1n) is 7.59. The second kappa shape index (κ2) is 7.85. The number of amides is 2. The van der Waals surface area contributed by atoms with Crippen molar-refractivity contribution in [1.29, 1.82) is 0 Å². The van der Waals surface area contributed by atoms with Gasteiger partial charge in [0.2, 0.25) is 5.91 Å². The Kier molecular flexibility index (Phi) is 5.57. The zero-order valence-electron chi connectivity index (χ0n) is 12.9. The minimum absolute atomic E-state index is 0.0584. The second-order valence-electron chi connectivity index (χ2n) is 5.40. The highest BCUT2D eigenvalue weighted by atomic mass is 79.9. The lowest BCUT2D eigenvalue weighted by Crippen LogP contribution is -2.28. The van der Waals surface area contributed by atoms with Crippen molar-refractivity contribution in [3.05, 3.63) is 46.6 Å². The molecule has 1 aliphatic rings. The van der Waals surface area contributed by atoms with E-state index in [9.17, 15) is 9.59 Å². The van der Waals surface area contributed by atoms with Crippen LogP contribution in [-0.2, 0) is 11.3 Å². The number of rotatable bonds is 6. The molecule has 1 fully saturated rings. The standard InChI is InChI=1S/C16H17BrN4O2S/c17-13-3-1-12(2-4-13)11-21-14(5-7-18-21)19-15(22)6-8-20-9-10-24-16(20)23/h1-5,7H,6,8-11H2,(H,19,22). The number of nitrogens with one attached hydrogen (secondary N) is 1. The average molecular weight is 409 g/mol. The summed E-state index contributed by atoms with van der Waals surface area (Å²) in [4.78, 5) is 25.4. The Bertz CT molecular complexity index is 732. The van der Waals surface area contributed by atoms with Crippen molar-refractivity contribution in [2.75, 3.05) is 24.2 Å². The Hall–Kier alpha value is -1.80. The molecular formula is C16H17BrN4O2S. The van der Waals surface area contributed by atoms with Gasteiger partial charge in [-0.25, -0.2) is 4.68 Å². The molecule has 1 aliphatic heterocycles. The van der Waals surface area contributed by atoms with E-state index in [0.29, 0.717) is 18.9 Å². The normalized spacial score (nSPS) is 14.2. The fourth-order valence-electron chi connectivity index (χ4n) is 2.40. The summed E-state index contributed by atoms with van der Waals surface area (Å²) in [6, 6.07) is 9.74. The van der Waals surface area contributed by atoms with Crippen LogP contribution in [-0.4, -0.2) is 44.7 Å². The van der Waals surface area contributed by atoms with E-state index in [0.717, 1.165) is 22.3 Å². The molecule has 1 saturated heterocycles. The molecule has 6 nitrogen and oxygen atoms in total. The Labute approximate surface area is 152 Å². The fraction of sp³-hybridized carbons (Fsp3) is 0.312. The molecule has 0 atom stereocenters. The highest BCUT2D eigenvalue weighted by Gasteiger charge is 2.21. The van der Waals surface area contributed by atoms with Crippen LogP contribution in [0, 0.1) is 0 Å². The van der Waals surface area contributed by atoms with Gasteiger partial charge >= 0.3 is 0 Å². The minimum Gasteiger partial charge on any atom is -0.332 e. The van der Waals surface area contributed by atoms with E-state index in [1.807, 2.05) is 24.3 Å². The third kappa shape index (κ3) is 4.39. The van der Waals surface area contributed by atoms with Crippen molar-refractivity contribution in [2.24, 2.45) is 0 Å². The van der Waals surface area contributed by atoms with Crippen molar-refractivity contribution < 1.29 is 9.59 Å².